The number of nitrogens with two attached hydrogens (primary N) is 1. The van der Waals surface area contributed by atoms with E-state index in [1.54, 1.807) is 17.0 Å². The van der Waals surface area contributed by atoms with Crippen LogP contribution in [0.1, 0.15) is 19.3 Å². The first-order chi connectivity index (χ1) is 7.68. The molecule has 1 aliphatic rings. The van der Waals surface area contributed by atoms with Gasteiger partial charge in [-0.05, 0) is 43.5 Å². The van der Waals surface area contributed by atoms with E-state index < -0.39 is 0 Å². The zero-order chi connectivity index (χ0) is 11.5. The average Bonchev–Trinajstić information content (AvgIpc) is 2.44. The highest BCUT2D eigenvalue weighted by molar-refractivity contribution is 6.30. The van der Waals surface area contributed by atoms with Crippen LogP contribution in [0, 0.1) is 0 Å². The van der Waals surface area contributed by atoms with Gasteiger partial charge in [0.05, 0.1) is 6.04 Å². The quantitative estimate of drug-likeness (QED) is 0.815. The third kappa shape index (κ3) is 2.36. The van der Waals surface area contributed by atoms with Gasteiger partial charge in [0.2, 0.25) is 5.91 Å². The van der Waals surface area contributed by atoms with Crippen molar-refractivity contribution < 1.29 is 4.79 Å². The predicted octanol–water partition coefficient (Wildman–Crippen LogP) is 2.18. The number of carbonyl (C=O) groups excluding carboxylic acids is 1. The highest BCUT2D eigenvalue weighted by Crippen LogP contribution is 2.21. The third-order valence-corrected chi connectivity index (χ3v) is 3.12. The van der Waals surface area contributed by atoms with Gasteiger partial charge in [0.15, 0.2) is 0 Å². The number of rotatable bonds is 1. The summed E-state index contributed by atoms with van der Waals surface area (Å²) in [6.07, 6.45) is 2.79. The van der Waals surface area contributed by atoms with Gasteiger partial charge in [-0.25, -0.2) is 0 Å². The lowest BCUT2D eigenvalue weighted by Gasteiger charge is -2.22. The van der Waals surface area contributed by atoms with E-state index in [4.69, 9.17) is 17.3 Å². The van der Waals surface area contributed by atoms with Gasteiger partial charge in [-0.15, -0.1) is 0 Å². The van der Waals surface area contributed by atoms with Crippen LogP contribution in [-0.4, -0.2) is 18.5 Å². The van der Waals surface area contributed by atoms with Crippen LogP contribution >= 0.6 is 11.6 Å². The molecule has 0 aromatic heterocycles. The van der Waals surface area contributed by atoms with Crippen LogP contribution in [-0.2, 0) is 4.79 Å². The Morgan fingerprint density at radius 3 is 2.62 bits per heavy atom. The number of hydrogen-bond donors (Lipinski definition) is 1. The fraction of sp³-hybridized carbons (Fsp3) is 0.417. The Balaban J connectivity index is 2.24. The van der Waals surface area contributed by atoms with Crippen molar-refractivity contribution in [1.82, 2.24) is 0 Å². The SMILES string of the molecule is NC1CCCCN(c2ccc(Cl)cc2)C1=O. The number of nitrogens with zero attached hydrogens (tertiary/aromatic N) is 1. The predicted molar refractivity (Wildman–Crippen MR) is 65.6 cm³/mol. The van der Waals surface area contributed by atoms with Gasteiger partial charge in [-0.2, -0.15) is 0 Å². The molecule has 1 heterocycles. The molecule has 0 saturated carbocycles. The molecule has 86 valence electrons. The fourth-order valence-corrected chi connectivity index (χ4v) is 2.07. The Morgan fingerprint density at radius 2 is 1.94 bits per heavy atom. The summed E-state index contributed by atoms with van der Waals surface area (Å²) in [5, 5.41) is 0.676. The summed E-state index contributed by atoms with van der Waals surface area (Å²) >= 11 is 5.82. The van der Waals surface area contributed by atoms with Gasteiger partial charge < -0.3 is 10.6 Å². The summed E-state index contributed by atoms with van der Waals surface area (Å²) in [6, 6.07) is 6.94. The summed E-state index contributed by atoms with van der Waals surface area (Å²) in [4.78, 5) is 13.8. The lowest BCUT2D eigenvalue weighted by atomic mass is 10.1. The molecule has 0 spiro atoms. The van der Waals surface area contributed by atoms with E-state index in [1.165, 1.54) is 0 Å². The van der Waals surface area contributed by atoms with Crippen molar-refractivity contribution >= 4 is 23.2 Å². The second-order valence-electron chi connectivity index (χ2n) is 4.07. The lowest BCUT2D eigenvalue weighted by molar-refractivity contribution is -0.119. The number of benzene rings is 1. The van der Waals surface area contributed by atoms with Crippen LogP contribution in [0.3, 0.4) is 0 Å². The van der Waals surface area contributed by atoms with Crippen LogP contribution in [0.5, 0.6) is 0 Å². The van der Waals surface area contributed by atoms with Crippen molar-refractivity contribution in [3.63, 3.8) is 0 Å². The average molecular weight is 239 g/mol. The second kappa shape index (κ2) is 4.85. The minimum atomic E-state index is -0.363. The van der Waals surface area contributed by atoms with E-state index in [0.29, 0.717) is 5.02 Å². The van der Waals surface area contributed by atoms with E-state index in [9.17, 15) is 4.79 Å². The van der Waals surface area contributed by atoms with Gasteiger partial charge in [0, 0.05) is 17.3 Å². The molecule has 1 saturated heterocycles. The Hall–Kier alpha value is -1.06. The van der Waals surface area contributed by atoms with Gasteiger partial charge in [-0.3, -0.25) is 4.79 Å². The molecule has 0 bridgehead atoms. The number of carbonyl (C=O) groups is 1. The molecule has 1 aliphatic heterocycles. The lowest BCUT2D eigenvalue weighted by Crippen LogP contribution is -2.42. The molecule has 3 nitrogen and oxygen atoms in total. The molecule has 1 aromatic carbocycles. The van der Waals surface area contributed by atoms with Crippen molar-refractivity contribution in [3.05, 3.63) is 29.3 Å². The minimum Gasteiger partial charge on any atom is -0.320 e. The zero-order valence-corrected chi connectivity index (χ0v) is 9.78. The summed E-state index contributed by atoms with van der Waals surface area (Å²) in [7, 11) is 0. The first-order valence-electron chi connectivity index (χ1n) is 5.51. The third-order valence-electron chi connectivity index (χ3n) is 2.87. The minimum absolute atomic E-state index is 0.0137. The van der Waals surface area contributed by atoms with Crippen LogP contribution in [0.25, 0.3) is 0 Å². The Kier molecular flexibility index (Phi) is 3.46. The summed E-state index contributed by atoms with van der Waals surface area (Å²) in [5.41, 5.74) is 6.70. The second-order valence-corrected chi connectivity index (χ2v) is 4.51. The van der Waals surface area contributed by atoms with Crippen LogP contribution < -0.4 is 10.6 Å². The smallest absolute Gasteiger partial charge is 0.243 e. The Morgan fingerprint density at radius 1 is 1.25 bits per heavy atom. The molecule has 0 aliphatic carbocycles. The van der Waals surface area contributed by atoms with Crippen LogP contribution in [0.2, 0.25) is 5.02 Å². The highest BCUT2D eigenvalue weighted by atomic mass is 35.5. The number of hydrogen-bond acceptors (Lipinski definition) is 2. The number of anilines is 1. The van der Waals surface area contributed by atoms with Crippen molar-refractivity contribution in [2.45, 2.75) is 25.3 Å². The van der Waals surface area contributed by atoms with Gasteiger partial charge >= 0.3 is 0 Å². The van der Waals surface area contributed by atoms with Gasteiger partial charge in [-0.1, -0.05) is 11.6 Å². The molecule has 0 radical (unpaired) electrons. The number of halogens is 1. The van der Waals surface area contributed by atoms with Crippen LogP contribution in [0.15, 0.2) is 24.3 Å². The summed E-state index contributed by atoms with van der Waals surface area (Å²) < 4.78 is 0. The van der Waals surface area contributed by atoms with Crippen molar-refractivity contribution in [3.8, 4) is 0 Å². The largest absolute Gasteiger partial charge is 0.320 e. The van der Waals surface area contributed by atoms with E-state index >= 15 is 0 Å². The topological polar surface area (TPSA) is 46.3 Å². The standard InChI is InChI=1S/C12H15ClN2O/c13-9-4-6-10(7-5-9)15-8-2-1-3-11(14)12(15)16/h4-7,11H,1-3,8,14H2. The van der Waals surface area contributed by atoms with Crippen molar-refractivity contribution in [1.29, 1.82) is 0 Å². The van der Waals surface area contributed by atoms with E-state index in [-0.39, 0.29) is 11.9 Å². The first-order valence-corrected chi connectivity index (χ1v) is 5.89. The molecule has 2 rings (SSSR count). The van der Waals surface area contributed by atoms with Crippen molar-refractivity contribution in [2.24, 2.45) is 5.73 Å². The molecule has 1 atom stereocenters. The normalized spacial score (nSPS) is 22.0. The Bertz CT molecular complexity index is 377. The Labute approximate surface area is 100 Å². The highest BCUT2D eigenvalue weighted by Gasteiger charge is 2.24. The molecule has 4 heteroatoms. The molecule has 1 fully saturated rings. The molecule has 1 aromatic rings. The first kappa shape index (κ1) is 11.4. The van der Waals surface area contributed by atoms with E-state index in [1.807, 2.05) is 12.1 Å². The monoisotopic (exact) mass is 238 g/mol. The summed E-state index contributed by atoms with van der Waals surface area (Å²) in [5.74, 6) is 0.0137. The van der Waals surface area contributed by atoms with Crippen molar-refractivity contribution in [2.75, 3.05) is 11.4 Å². The summed E-state index contributed by atoms with van der Waals surface area (Å²) in [6.45, 7) is 0.744. The molecular formula is C12H15ClN2O. The molecule has 1 amide bonds. The molecule has 2 N–H and O–H groups in total. The van der Waals surface area contributed by atoms with E-state index in [0.717, 1.165) is 31.5 Å². The van der Waals surface area contributed by atoms with Gasteiger partial charge in [0.25, 0.3) is 0 Å². The fourth-order valence-electron chi connectivity index (χ4n) is 1.95. The molecule has 16 heavy (non-hydrogen) atoms. The maximum atomic E-state index is 12.0. The van der Waals surface area contributed by atoms with E-state index in [2.05, 4.69) is 0 Å². The molecule has 1 unspecified atom stereocenters. The molecular weight excluding hydrogens is 224 g/mol. The maximum absolute atomic E-state index is 12.0. The number of amides is 1. The van der Waals surface area contributed by atoms with Gasteiger partial charge in [0.1, 0.15) is 0 Å². The zero-order valence-electron chi connectivity index (χ0n) is 9.03. The van der Waals surface area contributed by atoms with Crippen LogP contribution in [0.4, 0.5) is 5.69 Å². The maximum Gasteiger partial charge on any atom is 0.243 e.